The quantitative estimate of drug-likeness (QED) is 0.382. The molecule has 35 heavy (non-hydrogen) atoms. The third-order valence-corrected chi connectivity index (χ3v) is 7.82. The number of hydrogen-bond acceptors (Lipinski definition) is 5. The Labute approximate surface area is 212 Å². The van der Waals surface area contributed by atoms with Gasteiger partial charge in [-0.3, -0.25) is 9.78 Å². The van der Waals surface area contributed by atoms with E-state index in [0.29, 0.717) is 13.1 Å². The Morgan fingerprint density at radius 2 is 2.00 bits per heavy atom. The highest BCUT2D eigenvalue weighted by atomic mass is 79.9. The van der Waals surface area contributed by atoms with Crippen LogP contribution in [-0.2, 0) is 16.8 Å². The molecule has 3 aromatic heterocycles. The van der Waals surface area contributed by atoms with Gasteiger partial charge in [0.2, 0.25) is 5.91 Å². The lowest BCUT2D eigenvalue weighted by Gasteiger charge is -2.35. The third-order valence-electron chi connectivity index (χ3n) is 7.26. The van der Waals surface area contributed by atoms with E-state index in [1.165, 1.54) is 0 Å². The van der Waals surface area contributed by atoms with Gasteiger partial charge >= 0.3 is 0 Å². The molecule has 1 amide bonds. The lowest BCUT2D eigenvalue weighted by molar-refractivity contribution is -0.135. The van der Waals surface area contributed by atoms with Crippen molar-refractivity contribution in [3.63, 3.8) is 0 Å². The van der Waals surface area contributed by atoms with Crippen molar-refractivity contribution >= 4 is 33.3 Å². The number of nitrogens with zero attached hydrogens (tertiary/aromatic N) is 5. The van der Waals surface area contributed by atoms with E-state index in [0.717, 1.165) is 65.0 Å². The van der Waals surface area contributed by atoms with Gasteiger partial charge in [0.15, 0.2) is 5.65 Å². The molecule has 0 spiro atoms. The summed E-state index contributed by atoms with van der Waals surface area (Å²) in [6.45, 7) is 2.15. The molecular weight excluding hydrogens is 504 g/mol. The van der Waals surface area contributed by atoms with Crippen LogP contribution in [0.3, 0.4) is 0 Å². The van der Waals surface area contributed by atoms with Crippen LogP contribution in [0, 0.1) is 0 Å². The molecule has 1 aromatic carbocycles. The zero-order chi connectivity index (χ0) is 23.8. The minimum absolute atomic E-state index is 0.185. The van der Waals surface area contributed by atoms with Crippen LogP contribution in [0.5, 0.6) is 0 Å². The molecule has 1 aliphatic carbocycles. The lowest BCUT2D eigenvalue weighted by Crippen LogP contribution is -2.44. The molecule has 1 unspecified atom stereocenters. The van der Waals surface area contributed by atoms with E-state index in [1.807, 2.05) is 41.0 Å². The van der Waals surface area contributed by atoms with E-state index in [4.69, 9.17) is 4.98 Å². The maximum Gasteiger partial charge on any atom is 0.233 e. The number of hydrogen-bond donors (Lipinski definition) is 1. The molecule has 4 aromatic rings. The van der Waals surface area contributed by atoms with Crippen LogP contribution in [0.25, 0.3) is 5.65 Å². The molecule has 6 rings (SSSR count). The van der Waals surface area contributed by atoms with Gasteiger partial charge < -0.3 is 10.2 Å². The van der Waals surface area contributed by atoms with E-state index in [2.05, 4.69) is 54.4 Å². The molecule has 1 N–H and O–H groups in total. The molecule has 2 fully saturated rings. The van der Waals surface area contributed by atoms with Crippen LogP contribution in [0.1, 0.15) is 48.4 Å². The average Bonchev–Trinajstić information content (AvgIpc) is 3.65. The molecule has 1 atom stereocenters. The number of pyridine rings is 1. The number of rotatable bonds is 6. The fourth-order valence-electron chi connectivity index (χ4n) is 5.20. The Morgan fingerprint density at radius 3 is 2.77 bits per heavy atom. The highest BCUT2D eigenvalue weighted by Crippen LogP contribution is 2.50. The number of nitrogens with one attached hydrogen (secondary N) is 1. The molecule has 2 aliphatic rings. The predicted octanol–water partition coefficient (Wildman–Crippen LogP) is 4.94. The number of likely N-dealkylation sites (tertiary alicyclic amines) is 1. The van der Waals surface area contributed by atoms with Gasteiger partial charge in [0.25, 0.3) is 0 Å². The Bertz CT molecular complexity index is 1350. The van der Waals surface area contributed by atoms with Crippen molar-refractivity contribution in [1.29, 1.82) is 0 Å². The van der Waals surface area contributed by atoms with E-state index >= 15 is 0 Å². The minimum Gasteiger partial charge on any atom is -0.366 e. The standard InChI is InChI=1S/C27H27BrN6O/c28-22-17-31-34-24(30-16-19-6-4-12-29-15-19)14-23(32-25(22)34)20-7-5-13-33(18-20)26(35)27(10-11-27)21-8-2-1-3-9-21/h1-4,6,8-9,12,14-15,17,20,30H,5,7,10-11,13,16,18H2. The van der Waals surface area contributed by atoms with Gasteiger partial charge in [-0.05, 0) is 58.8 Å². The van der Waals surface area contributed by atoms with E-state index in [9.17, 15) is 4.79 Å². The summed E-state index contributed by atoms with van der Waals surface area (Å²) in [5.74, 6) is 1.34. The highest BCUT2D eigenvalue weighted by molar-refractivity contribution is 9.10. The third kappa shape index (κ3) is 4.20. The van der Waals surface area contributed by atoms with Crippen molar-refractivity contribution in [2.24, 2.45) is 0 Å². The zero-order valence-electron chi connectivity index (χ0n) is 19.4. The van der Waals surface area contributed by atoms with Crippen LogP contribution in [0.2, 0.25) is 0 Å². The summed E-state index contributed by atoms with van der Waals surface area (Å²) in [7, 11) is 0. The number of aromatic nitrogens is 4. The zero-order valence-corrected chi connectivity index (χ0v) is 21.0. The second-order valence-corrected chi connectivity index (χ2v) is 10.4. The van der Waals surface area contributed by atoms with Gasteiger partial charge in [-0.1, -0.05) is 36.4 Å². The second-order valence-electron chi connectivity index (χ2n) is 9.55. The molecular formula is C27H27BrN6O. The number of benzene rings is 1. The number of carbonyl (C=O) groups excluding carboxylic acids is 1. The molecule has 8 heteroatoms. The largest absolute Gasteiger partial charge is 0.366 e. The van der Waals surface area contributed by atoms with Crippen molar-refractivity contribution in [3.05, 3.63) is 88.4 Å². The minimum atomic E-state index is -0.328. The Hall–Kier alpha value is -3.26. The Kier molecular flexibility index (Phi) is 5.76. The highest BCUT2D eigenvalue weighted by Gasteiger charge is 2.53. The molecule has 7 nitrogen and oxygen atoms in total. The van der Waals surface area contributed by atoms with Crippen LogP contribution in [0.15, 0.2) is 71.6 Å². The molecule has 4 heterocycles. The summed E-state index contributed by atoms with van der Waals surface area (Å²) < 4.78 is 2.68. The van der Waals surface area contributed by atoms with Gasteiger partial charge in [-0.2, -0.15) is 9.61 Å². The maximum atomic E-state index is 13.7. The van der Waals surface area contributed by atoms with Gasteiger partial charge in [-0.15, -0.1) is 0 Å². The van der Waals surface area contributed by atoms with Crippen molar-refractivity contribution in [3.8, 4) is 0 Å². The number of halogens is 1. The first-order valence-electron chi connectivity index (χ1n) is 12.2. The normalized spacial score (nSPS) is 19.0. The summed E-state index contributed by atoms with van der Waals surface area (Å²) in [6, 6.07) is 16.3. The van der Waals surface area contributed by atoms with Crippen LogP contribution >= 0.6 is 15.9 Å². The monoisotopic (exact) mass is 530 g/mol. The van der Waals surface area contributed by atoms with E-state index in [-0.39, 0.29) is 17.2 Å². The van der Waals surface area contributed by atoms with Crippen molar-refractivity contribution < 1.29 is 4.79 Å². The number of anilines is 1. The van der Waals surface area contributed by atoms with Crippen LogP contribution in [0.4, 0.5) is 5.82 Å². The first kappa shape index (κ1) is 22.2. The van der Waals surface area contributed by atoms with Gasteiger partial charge in [0.05, 0.1) is 21.8 Å². The molecule has 0 bridgehead atoms. The number of fused-ring (bicyclic) bond motifs is 1. The summed E-state index contributed by atoms with van der Waals surface area (Å²) >= 11 is 3.60. The fraction of sp³-hybridized carbons (Fsp3) is 0.333. The molecule has 0 radical (unpaired) electrons. The summed E-state index contributed by atoms with van der Waals surface area (Å²) in [5.41, 5.74) is 3.69. The van der Waals surface area contributed by atoms with Gasteiger partial charge in [0.1, 0.15) is 5.82 Å². The molecule has 178 valence electrons. The summed E-state index contributed by atoms with van der Waals surface area (Å²) in [4.78, 5) is 24.9. The fourth-order valence-corrected chi connectivity index (χ4v) is 5.55. The second kappa shape index (κ2) is 9.07. The number of carbonyl (C=O) groups is 1. The smallest absolute Gasteiger partial charge is 0.233 e. The molecule has 1 aliphatic heterocycles. The molecule has 1 saturated carbocycles. The SMILES string of the molecule is O=C(N1CCCC(c2cc(NCc3cccnc3)n3ncc(Br)c3n2)C1)C1(c2ccccc2)CC1. The summed E-state index contributed by atoms with van der Waals surface area (Å²) in [5, 5.41) is 8.00. The summed E-state index contributed by atoms with van der Waals surface area (Å²) in [6.07, 6.45) is 9.27. The number of piperidine rings is 1. The van der Waals surface area contributed by atoms with Crippen molar-refractivity contribution in [1.82, 2.24) is 24.5 Å². The first-order chi connectivity index (χ1) is 17.1. The Balaban J connectivity index is 1.26. The van der Waals surface area contributed by atoms with Gasteiger partial charge in [0, 0.05) is 44.0 Å². The first-order valence-corrected chi connectivity index (χ1v) is 13.0. The van der Waals surface area contributed by atoms with Crippen LogP contribution < -0.4 is 5.32 Å². The lowest BCUT2D eigenvalue weighted by atomic mass is 9.90. The number of amides is 1. The van der Waals surface area contributed by atoms with Crippen molar-refractivity contribution in [2.45, 2.75) is 43.6 Å². The van der Waals surface area contributed by atoms with Gasteiger partial charge in [-0.25, -0.2) is 4.98 Å². The van der Waals surface area contributed by atoms with E-state index in [1.54, 1.807) is 12.4 Å². The van der Waals surface area contributed by atoms with Crippen LogP contribution in [-0.4, -0.2) is 43.5 Å². The average molecular weight is 531 g/mol. The molecule has 1 saturated heterocycles. The predicted molar refractivity (Wildman–Crippen MR) is 138 cm³/mol. The Morgan fingerprint density at radius 1 is 1.14 bits per heavy atom. The topological polar surface area (TPSA) is 75.4 Å². The van der Waals surface area contributed by atoms with E-state index < -0.39 is 0 Å². The van der Waals surface area contributed by atoms with Crippen molar-refractivity contribution in [2.75, 3.05) is 18.4 Å². The maximum absolute atomic E-state index is 13.7.